The largest absolute Gasteiger partial charge is 0.480 e. The van der Waals surface area contributed by atoms with Gasteiger partial charge in [-0.3, -0.25) is 9.59 Å². The molecule has 0 aliphatic rings. The number of aromatic amines is 1. The molecule has 7 heteroatoms. The lowest BCUT2D eigenvalue weighted by molar-refractivity contribution is -0.138. The van der Waals surface area contributed by atoms with E-state index in [1.807, 2.05) is 0 Å². The van der Waals surface area contributed by atoms with E-state index in [9.17, 15) is 9.59 Å². The number of hydrogen-bond acceptors (Lipinski definition) is 5. The van der Waals surface area contributed by atoms with Gasteiger partial charge in [0.2, 0.25) is 0 Å². The van der Waals surface area contributed by atoms with Gasteiger partial charge in [-0.05, 0) is 11.8 Å². The summed E-state index contributed by atoms with van der Waals surface area (Å²) in [5, 5.41) is 9.08. The maximum absolute atomic E-state index is 10.9. The van der Waals surface area contributed by atoms with Crippen molar-refractivity contribution in [3.8, 4) is 0 Å². The minimum Gasteiger partial charge on any atom is -0.480 e. The van der Waals surface area contributed by atoms with Crippen molar-refractivity contribution in [2.75, 3.05) is 0 Å². The van der Waals surface area contributed by atoms with Crippen LogP contribution in [0.2, 0.25) is 0 Å². The quantitative estimate of drug-likeness (QED) is 0.627. The van der Waals surface area contributed by atoms with Gasteiger partial charge in [0.05, 0.1) is 12.0 Å². The highest BCUT2D eigenvalue weighted by molar-refractivity contribution is 8.13. The van der Waals surface area contributed by atoms with Gasteiger partial charge in [0.25, 0.3) is 0 Å². The Labute approximate surface area is 90.3 Å². The molecule has 1 rings (SSSR count). The van der Waals surface area contributed by atoms with E-state index < -0.39 is 12.0 Å². The molecular formula is C8H11N3O3S. The fraction of sp³-hybridized carbons (Fsp3) is 0.375. The van der Waals surface area contributed by atoms with E-state index in [1.165, 1.54) is 13.3 Å². The van der Waals surface area contributed by atoms with Gasteiger partial charge >= 0.3 is 5.97 Å². The zero-order valence-electron chi connectivity index (χ0n) is 8.06. The van der Waals surface area contributed by atoms with Gasteiger partial charge in [-0.2, -0.15) is 0 Å². The second kappa shape index (κ2) is 4.94. The molecule has 4 N–H and O–H groups in total. The number of thioether (sulfide) groups is 1. The van der Waals surface area contributed by atoms with Crippen LogP contribution in [0.3, 0.4) is 0 Å². The third-order valence-corrected chi connectivity index (χ3v) is 2.50. The monoisotopic (exact) mass is 229 g/mol. The van der Waals surface area contributed by atoms with Gasteiger partial charge in [-0.25, -0.2) is 4.98 Å². The van der Waals surface area contributed by atoms with E-state index in [0.717, 1.165) is 11.8 Å². The molecule has 1 aromatic rings. The van der Waals surface area contributed by atoms with Crippen molar-refractivity contribution in [3.63, 3.8) is 0 Å². The van der Waals surface area contributed by atoms with Gasteiger partial charge in [0, 0.05) is 13.3 Å². The smallest absolute Gasteiger partial charge is 0.320 e. The third-order valence-electron chi connectivity index (χ3n) is 1.65. The SMILES string of the molecule is CC(=O)Sc1[nH]cnc1C[C@H](N)C(=O)O. The second-order valence-electron chi connectivity index (χ2n) is 2.92. The van der Waals surface area contributed by atoms with E-state index in [1.54, 1.807) is 0 Å². The first-order valence-electron chi connectivity index (χ1n) is 4.19. The van der Waals surface area contributed by atoms with E-state index >= 15 is 0 Å². The Balaban J connectivity index is 2.72. The van der Waals surface area contributed by atoms with Crippen LogP contribution in [0.15, 0.2) is 11.4 Å². The highest BCUT2D eigenvalue weighted by Gasteiger charge is 2.17. The van der Waals surface area contributed by atoms with Crippen molar-refractivity contribution < 1.29 is 14.7 Å². The summed E-state index contributed by atoms with van der Waals surface area (Å²) in [7, 11) is 0. The number of nitrogens with two attached hydrogens (primary N) is 1. The summed E-state index contributed by atoms with van der Waals surface area (Å²) in [6.45, 7) is 1.42. The average molecular weight is 229 g/mol. The third kappa shape index (κ3) is 3.37. The summed E-state index contributed by atoms with van der Waals surface area (Å²) in [5.74, 6) is -1.09. The first kappa shape index (κ1) is 11.7. The number of rotatable bonds is 4. The van der Waals surface area contributed by atoms with Gasteiger partial charge < -0.3 is 15.8 Å². The predicted molar refractivity (Wildman–Crippen MR) is 54.4 cm³/mol. The standard InChI is InChI=1S/C8H11N3O3S/c1-4(12)15-7-6(10-3-11-7)2-5(9)8(13)14/h3,5H,2,9H2,1H3,(H,10,11)(H,13,14)/t5-/m0/s1. The molecule has 0 aliphatic carbocycles. The highest BCUT2D eigenvalue weighted by Crippen LogP contribution is 2.20. The molecule has 1 atom stereocenters. The minimum atomic E-state index is -1.09. The first-order valence-corrected chi connectivity index (χ1v) is 5.01. The van der Waals surface area contributed by atoms with Gasteiger partial charge in [-0.1, -0.05) is 0 Å². The van der Waals surface area contributed by atoms with Crippen LogP contribution in [0.25, 0.3) is 0 Å². The van der Waals surface area contributed by atoms with E-state index in [2.05, 4.69) is 9.97 Å². The highest BCUT2D eigenvalue weighted by atomic mass is 32.2. The Morgan fingerprint density at radius 3 is 2.93 bits per heavy atom. The maximum Gasteiger partial charge on any atom is 0.320 e. The molecule has 0 bridgehead atoms. The molecule has 0 aliphatic heterocycles. The number of aliphatic carboxylic acids is 1. The van der Waals surface area contributed by atoms with Crippen LogP contribution in [0.4, 0.5) is 0 Å². The normalized spacial score (nSPS) is 12.4. The van der Waals surface area contributed by atoms with Crippen LogP contribution in [-0.2, 0) is 16.0 Å². The molecule has 15 heavy (non-hydrogen) atoms. The van der Waals surface area contributed by atoms with Crippen LogP contribution in [-0.4, -0.2) is 32.2 Å². The summed E-state index contributed by atoms with van der Waals surface area (Å²) >= 11 is 0.980. The number of H-pyrrole nitrogens is 1. The number of aromatic nitrogens is 2. The lowest BCUT2D eigenvalue weighted by Gasteiger charge is -2.04. The summed E-state index contributed by atoms with van der Waals surface area (Å²) in [5.41, 5.74) is 5.86. The number of carbonyl (C=O) groups is 2. The minimum absolute atomic E-state index is 0.0932. The summed E-state index contributed by atoms with van der Waals surface area (Å²) < 4.78 is 0. The molecule has 6 nitrogen and oxygen atoms in total. The number of nitrogens with zero attached hydrogens (tertiary/aromatic N) is 1. The Morgan fingerprint density at radius 1 is 1.73 bits per heavy atom. The Bertz CT molecular complexity index is 377. The molecule has 0 spiro atoms. The zero-order chi connectivity index (χ0) is 11.4. The number of carbonyl (C=O) groups excluding carboxylic acids is 1. The second-order valence-corrected chi connectivity index (χ2v) is 4.11. The van der Waals surface area contributed by atoms with Crippen LogP contribution in [0.1, 0.15) is 12.6 Å². The topological polar surface area (TPSA) is 109 Å². The van der Waals surface area contributed by atoms with Crippen LogP contribution < -0.4 is 5.73 Å². The van der Waals surface area contributed by atoms with E-state index in [4.69, 9.17) is 10.8 Å². The Kier molecular flexibility index (Phi) is 3.87. The molecule has 1 heterocycles. The van der Waals surface area contributed by atoms with E-state index in [0.29, 0.717) is 10.7 Å². The molecule has 0 saturated heterocycles. The summed E-state index contributed by atoms with van der Waals surface area (Å²) in [6.07, 6.45) is 1.52. The number of carboxylic acid groups (broad SMARTS) is 1. The number of nitrogens with one attached hydrogen (secondary N) is 1. The molecule has 1 aromatic heterocycles. The average Bonchev–Trinajstić information content (AvgIpc) is 2.51. The molecule has 0 unspecified atom stereocenters. The lowest BCUT2D eigenvalue weighted by Crippen LogP contribution is -2.32. The molecular weight excluding hydrogens is 218 g/mol. The Hall–Kier alpha value is -1.34. The van der Waals surface area contributed by atoms with Crippen molar-refractivity contribution in [1.82, 2.24) is 9.97 Å². The molecule has 0 fully saturated rings. The van der Waals surface area contributed by atoms with E-state index in [-0.39, 0.29) is 11.5 Å². The van der Waals surface area contributed by atoms with Crippen molar-refractivity contribution >= 4 is 22.8 Å². The zero-order valence-corrected chi connectivity index (χ0v) is 8.87. The lowest BCUT2D eigenvalue weighted by atomic mass is 10.2. The van der Waals surface area contributed by atoms with Crippen LogP contribution in [0, 0.1) is 0 Å². The first-order chi connectivity index (χ1) is 7.00. The number of imidazole rings is 1. The van der Waals surface area contributed by atoms with Crippen LogP contribution >= 0.6 is 11.8 Å². The summed E-state index contributed by atoms with van der Waals surface area (Å²) in [6, 6.07) is -1.00. The van der Waals surface area contributed by atoms with Crippen molar-refractivity contribution in [2.24, 2.45) is 5.73 Å². The molecule has 0 aromatic carbocycles. The van der Waals surface area contributed by atoms with Crippen molar-refractivity contribution in [3.05, 3.63) is 12.0 Å². The summed E-state index contributed by atoms with van der Waals surface area (Å²) in [4.78, 5) is 28.1. The van der Waals surface area contributed by atoms with Gasteiger partial charge in [-0.15, -0.1) is 0 Å². The van der Waals surface area contributed by atoms with Crippen molar-refractivity contribution in [2.45, 2.75) is 24.4 Å². The maximum atomic E-state index is 10.9. The fourth-order valence-corrected chi connectivity index (χ4v) is 1.64. The molecule has 82 valence electrons. The predicted octanol–water partition coefficient (Wildman–Crippen LogP) is 0.00270. The van der Waals surface area contributed by atoms with Gasteiger partial charge in [0.1, 0.15) is 11.1 Å². The molecule has 0 radical (unpaired) electrons. The Morgan fingerprint density at radius 2 is 2.40 bits per heavy atom. The number of hydrogen-bond donors (Lipinski definition) is 3. The van der Waals surface area contributed by atoms with Crippen molar-refractivity contribution in [1.29, 1.82) is 0 Å². The van der Waals surface area contributed by atoms with Gasteiger partial charge in [0.15, 0.2) is 5.12 Å². The fourth-order valence-electron chi connectivity index (χ4n) is 0.984. The number of carboxylic acids is 1. The van der Waals surface area contributed by atoms with Crippen LogP contribution in [0.5, 0.6) is 0 Å². The molecule has 0 saturated carbocycles. The molecule has 0 amide bonds.